The van der Waals surface area contributed by atoms with Gasteiger partial charge in [-0.1, -0.05) is 6.07 Å². The first kappa shape index (κ1) is 17.2. The molecular formula is C18H25N3O3S. The fourth-order valence-corrected chi connectivity index (χ4v) is 4.85. The number of benzene rings is 1. The van der Waals surface area contributed by atoms with Gasteiger partial charge in [0.15, 0.2) is 0 Å². The van der Waals surface area contributed by atoms with Crippen LogP contribution in [-0.4, -0.2) is 76.2 Å². The average molecular weight is 363 g/mol. The Hall–Kier alpha value is -1.25. The molecule has 1 aromatic carbocycles. The summed E-state index contributed by atoms with van der Waals surface area (Å²) in [6.07, 6.45) is -0.484. The first-order valence-corrected chi connectivity index (χ1v) is 9.83. The standard InChI is InChI=1S/C18H25N3O3S/c22-14-9-20(10-15(23)18(14)24)7-12-3-2-6-21(8-12)13-4-1-5-16-17(13)19-11-25-16/h1,4-5,11-12,14-15,18,22-24H,2-3,6-10H2/t12-,14?,15?,18?/m1/s1. The molecule has 7 heteroatoms. The number of rotatable bonds is 3. The topological polar surface area (TPSA) is 80.1 Å². The van der Waals surface area contributed by atoms with E-state index in [2.05, 4.69) is 33.0 Å². The summed E-state index contributed by atoms with van der Waals surface area (Å²) < 4.78 is 1.22. The number of anilines is 1. The van der Waals surface area contributed by atoms with E-state index < -0.39 is 18.3 Å². The van der Waals surface area contributed by atoms with Crippen LogP contribution in [0.25, 0.3) is 10.2 Å². The predicted molar refractivity (Wildman–Crippen MR) is 99.0 cm³/mol. The van der Waals surface area contributed by atoms with Gasteiger partial charge in [0.1, 0.15) is 11.6 Å². The van der Waals surface area contributed by atoms with Gasteiger partial charge in [-0.25, -0.2) is 4.98 Å². The van der Waals surface area contributed by atoms with Crippen LogP contribution in [0.3, 0.4) is 0 Å². The molecule has 2 saturated heterocycles. The lowest BCUT2D eigenvalue weighted by atomic mass is 9.94. The Morgan fingerprint density at radius 3 is 2.72 bits per heavy atom. The number of β-amino-alcohol motifs (C(OH)–C–C–N with tert-alkyl or cyclic N) is 2. The summed E-state index contributed by atoms with van der Waals surface area (Å²) in [6.45, 7) is 3.69. The number of hydrogen-bond donors (Lipinski definition) is 3. The number of fused-ring (bicyclic) bond motifs is 1. The molecule has 2 aliphatic rings. The Balaban J connectivity index is 1.44. The van der Waals surface area contributed by atoms with E-state index in [-0.39, 0.29) is 0 Å². The lowest BCUT2D eigenvalue weighted by Crippen LogP contribution is -2.56. The van der Waals surface area contributed by atoms with Crippen LogP contribution < -0.4 is 4.90 Å². The van der Waals surface area contributed by atoms with E-state index in [1.807, 2.05) is 5.51 Å². The van der Waals surface area contributed by atoms with Crippen molar-refractivity contribution in [2.45, 2.75) is 31.2 Å². The number of aliphatic hydroxyl groups is 3. The normalized spacial score (nSPS) is 31.6. The van der Waals surface area contributed by atoms with Gasteiger partial charge in [-0.05, 0) is 30.9 Å². The average Bonchev–Trinajstić information content (AvgIpc) is 3.08. The third-order valence-corrected chi connectivity index (χ3v) is 6.19. The first-order valence-electron chi connectivity index (χ1n) is 8.95. The maximum absolute atomic E-state index is 9.90. The second kappa shape index (κ2) is 7.17. The number of hydrogen-bond acceptors (Lipinski definition) is 7. The highest BCUT2D eigenvalue weighted by atomic mass is 32.1. The minimum atomic E-state index is -1.03. The zero-order chi connectivity index (χ0) is 17.4. The maximum Gasteiger partial charge on any atom is 0.108 e. The Kier molecular flexibility index (Phi) is 4.92. The molecule has 6 nitrogen and oxygen atoms in total. The van der Waals surface area contributed by atoms with Crippen LogP contribution >= 0.6 is 11.3 Å². The first-order chi connectivity index (χ1) is 12.1. The van der Waals surface area contributed by atoms with Gasteiger partial charge in [-0.15, -0.1) is 11.3 Å². The Labute approximate surface area is 151 Å². The van der Waals surface area contributed by atoms with Gasteiger partial charge in [0, 0.05) is 32.7 Å². The van der Waals surface area contributed by atoms with Crippen LogP contribution in [0.4, 0.5) is 5.69 Å². The molecule has 1 aromatic heterocycles. The lowest BCUT2D eigenvalue weighted by molar-refractivity contribution is -0.112. The maximum atomic E-state index is 9.90. The van der Waals surface area contributed by atoms with Crippen molar-refractivity contribution in [2.75, 3.05) is 37.6 Å². The van der Waals surface area contributed by atoms with E-state index in [9.17, 15) is 15.3 Å². The van der Waals surface area contributed by atoms with Crippen LogP contribution in [0.1, 0.15) is 12.8 Å². The molecule has 2 fully saturated rings. The summed E-state index contributed by atoms with van der Waals surface area (Å²) in [5, 5.41) is 29.5. The van der Waals surface area contributed by atoms with Gasteiger partial charge < -0.3 is 20.2 Å². The highest BCUT2D eigenvalue weighted by Crippen LogP contribution is 2.31. The molecule has 2 aromatic rings. The Morgan fingerprint density at radius 1 is 1.12 bits per heavy atom. The molecule has 2 unspecified atom stereocenters. The molecule has 3 heterocycles. The Morgan fingerprint density at radius 2 is 1.92 bits per heavy atom. The third-order valence-electron chi connectivity index (χ3n) is 5.39. The summed E-state index contributed by atoms with van der Waals surface area (Å²) in [4.78, 5) is 9.04. The third kappa shape index (κ3) is 3.52. The number of aliphatic hydroxyl groups excluding tert-OH is 3. The molecule has 2 aliphatic heterocycles. The van der Waals surface area contributed by atoms with E-state index in [1.165, 1.54) is 10.4 Å². The predicted octanol–water partition coefficient (Wildman–Crippen LogP) is 0.911. The molecule has 136 valence electrons. The number of aromatic nitrogens is 1. The monoisotopic (exact) mass is 363 g/mol. The Bertz CT molecular complexity index is 712. The van der Waals surface area contributed by atoms with Crippen molar-refractivity contribution < 1.29 is 15.3 Å². The zero-order valence-electron chi connectivity index (χ0n) is 14.2. The number of thiazole rings is 1. The molecule has 0 saturated carbocycles. The van der Waals surface area contributed by atoms with Crippen LogP contribution in [0.5, 0.6) is 0 Å². The number of piperidine rings is 2. The highest BCUT2D eigenvalue weighted by Gasteiger charge is 2.34. The number of likely N-dealkylation sites (tertiary alicyclic amines) is 1. The van der Waals surface area contributed by atoms with Crippen LogP contribution in [-0.2, 0) is 0 Å². The second-order valence-corrected chi connectivity index (χ2v) is 8.16. The SMILES string of the molecule is OC1CN(C[C@H]2CCCN(c3cccc4scnc34)C2)CC(O)C1O. The van der Waals surface area contributed by atoms with Gasteiger partial charge in [0.05, 0.1) is 28.1 Å². The van der Waals surface area contributed by atoms with Crippen LogP contribution in [0, 0.1) is 5.92 Å². The lowest BCUT2D eigenvalue weighted by Gasteiger charge is -2.41. The van der Waals surface area contributed by atoms with Crippen molar-refractivity contribution in [3.63, 3.8) is 0 Å². The van der Waals surface area contributed by atoms with E-state index in [4.69, 9.17) is 0 Å². The van der Waals surface area contributed by atoms with E-state index in [0.29, 0.717) is 19.0 Å². The minimum Gasteiger partial charge on any atom is -0.389 e. The van der Waals surface area contributed by atoms with Gasteiger partial charge in [-0.2, -0.15) is 0 Å². The van der Waals surface area contributed by atoms with Crippen LogP contribution in [0.15, 0.2) is 23.7 Å². The largest absolute Gasteiger partial charge is 0.389 e. The van der Waals surface area contributed by atoms with Crippen molar-refractivity contribution in [3.05, 3.63) is 23.7 Å². The summed E-state index contributed by atoms with van der Waals surface area (Å²) >= 11 is 1.67. The van der Waals surface area contributed by atoms with E-state index >= 15 is 0 Å². The zero-order valence-corrected chi connectivity index (χ0v) is 15.0. The summed E-state index contributed by atoms with van der Waals surface area (Å²) in [5.41, 5.74) is 4.19. The van der Waals surface area contributed by atoms with E-state index in [1.54, 1.807) is 11.3 Å². The van der Waals surface area contributed by atoms with Gasteiger partial charge in [0.25, 0.3) is 0 Å². The summed E-state index contributed by atoms with van der Waals surface area (Å²) in [7, 11) is 0. The summed E-state index contributed by atoms with van der Waals surface area (Å²) in [6, 6.07) is 6.35. The van der Waals surface area contributed by atoms with Crippen molar-refractivity contribution in [3.8, 4) is 0 Å². The molecule has 3 atom stereocenters. The highest BCUT2D eigenvalue weighted by molar-refractivity contribution is 7.16. The smallest absolute Gasteiger partial charge is 0.108 e. The quantitative estimate of drug-likeness (QED) is 0.752. The number of nitrogens with zero attached hydrogens (tertiary/aromatic N) is 3. The summed E-state index contributed by atoms with van der Waals surface area (Å²) in [5.74, 6) is 0.484. The fourth-order valence-electron chi connectivity index (χ4n) is 4.15. The molecule has 0 bridgehead atoms. The number of para-hydroxylation sites is 1. The second-order valence-electron chi connectivity index (χ2n) is 7.27. The van der Waals surface area contributed by atoms with Crippen molar-refractivity contribution in [1.82, 2.24) is 9.88 Å². The molecule has 25 heavy (non-hydrogen) atoms. The molecule has 0 amide bonds. The van der Waals surface area contributed by atoms with Crippen molar-refractivity contribution in [1.29, 1.82) is 0 Å². The van der Waals surface area contributed by atoms with E-state index in [0.717, 1.165) is 38.0 Å². The van der Waals surface area contributed by atoms with Gasteiger partial charge in [-0.3, -0.25) is 4.90 Å². The van der Waals surface area contributed by atoms with Crippen molar-refractivity contribution >= 4 is 27.2 Å². The van der Waals surface area contributed by atoms with Gasteiger partial charge in [0.2, 0.25) is 0 Å². The molecule has 4 rings (SSSR count). The molecular weight excluding hydrogens is 338 g/mol. The molecule has 0 radical (unpaired) electrons. The van der Waals surface area contributed by atoms with Crippen LogP contribution in [0.2, 0.25) is 0 Å². The molecule has 0 spiro atoms. The molecule has 0 aliphatic carbocycles. The minimum absolute atomic E-state index is 0.427. The fraction of sp³-hybridized carbons (Fsp3) is 0.611. The molecule has 3 N–H and O–H groups in total. The van der Waals surface area contributed by atoms with Crippen molar-refractivity contribution in [2.24, 2.45) is 5.92 Å². The van der Waals surface area contributed by atoms with Gasteiger partial charge >= 0.3 is 0 Å².